The molecule has 4 nitrogen and oxygen atoms in total. The molecule has 116 valence electrons. The number of amides is 2. The van der Waals surface area contributed by atoms with Gasteiger partial charge in [0.05, 0.1) is 10.7 Å². The van der Waals surface area contributed by atoms with Crippen molar-refractivity contribution in [2.75, 3.05) is 10.6 Å². The van der Waals surface area contributed by atoms with Crippen molar-refractivity contribution in [1.82, 2.24) is 0 Å². The van der Waals surface area contributed by atoms with E-state index in [9.17, 15) is 9.59 Å². The number of carbonyl (C=O) groups is 2. The summed E-state index contributed by atoms with van der Waals surface area (Å²) in [6, 6.07) is 5.03. The highest BCUT2D eigenvalue weighted by Crippen LogP contribution is 2.28. The van der Waals surface area contributed by atoms with Gasteiger partial charge >= 0.3 is 0 Å². The highest BCUT2D eigenvalue weighted by Gasteiger charge is 2.23. The van der Waals surface area contributed by atoms with Crippen LogP contribution in [0.5, 0.6) is 0 Å². The molecule has 0 radical (unpaired) electrons. The molecule has 21 heavy (non-hydrogen) atoms. The minimum absolute atomic E-state index is 0.0926. The molecule has 0 atom stereocenters. The summed E-state index contributed by atoms with van der Waals surface area (Å²) in [6.07, 6.45) is 0. The molecule has 0 unspecified atom stereocenters. The van der Waals surface area contributed by atoms with E-state index in [1.807, 2.05) is 41.5 Å². The van der Waals surface area contributed by atoms with Crippen LogP contribution in [-0.2, 0) is 9.59 Å². The van der Waals surface area contributed by atoms with E-state index in [1.165, 1.54) is 0 Å². The van der Waals surface area contributed by atoms with Crippen molar-refractivity contribution in [2.24, 2.45) is 10.8 Å². The Kier molecular flexibility index (Phi) is 5.05. The van der Waals surface area contributed by atoms with Crippen LogP contribution in [0.3, 0.4) is 0 Å². The van der Waals surface area contributed by atoms with E-state index in [2.05, 4.69) is 10.6 Å². The fraction of sp³-hybridized carbons (Fsp3) is 0.500. The molecule has 5 heteroatoms. The number of halogens is 1. The Bertz CT molecular complexity index is 554. The summed E-state index contributed by atoms with van der Waals surface area (Å²) in [5.74, 6) is -0.207. The molecular weight excluding hydrogens is 288 g/mol. The van der Waals surface area contributed by atoms with Crippen molar-refractivity contribution in [3.8, 4) is 0 Å². The second-order valence-corrected chi connectivity index (χ2v) is 7.51. The van der Waals surface area contributed by atoms with Crippen LogP contribution in [0.15, 0.2) is 18.2 Å². The SMILES string of the molecule is CC(C)(C)C(=O)Nc1ccc(NC(=O)C(C)(C)C)c(Cl)c1. The Hall–Kier alpha value is -1.55. The van der Waals surface area contributed by atoms with Crippen molar-refractivity contribution < 1.29 is 9.59 Å². The maximum Gasteiger partial charge on any atom is 0.229 e. The van der Waals surface area contributed by atoms with Gasteiger partial charge in [0.25, 0.3) is 0 Å². The molecule has 0 aliphatic rings. The van der Waals surface area contributed by atoms with Gasteiger partial charge in [0.15, 0.2) is 0 Å². The lowest BCUT2D eigenvalue weighted by Gasteiger charge is -2.20. The third-order valence-electron chi connectivity index (χ3n) is 2.84. The molecule has 0 aliphatic heterocycles. The zero-order chi connectivity index (χ0) is 16.4. The van der Waals surface area contributed by atoms with E-state index in [0.717, 1.165) is 0 Å². The fourth-order valence-corrected chi connectivity index (χ4v) is 1.55. The second kappa shape index (κ2) is 6.06. The standard InChI is InChI=1S/C16H23ClN2O2/c1-15(2,3)13(20)18-10-7-8-12(11(17)9-10)19-14(21)16(4,5)6/h7-9H,1-6H3,(H,18,20)(H,19,21). The summed E-state index contributed by atoms with van der Waals surface area (Å²) in [7, 11) is 0. The van der Waals surface area contributed by atoms with Gasteiger partial charge in [-0.2, -0.15) is 0 Å². The maximum atomic E-state index is 11.9. The zero-order valence-corrected chi connectivity index (χ0v) is 14.2. The molecular formula is C16H23ClN2O2. The molecule has 2 amide bonds. The van der Waals surface area contributed by atoms with E-state index in [-0.39, 0.29) is 11.8 Å². The van der Waals surface area contributed by atoms with E-state index in [0.29, 0.717) is 16.4 Å². The average Bonchev–Trinajstić information content (AvgIpc) is 2.30. The van der Waals surface area contributed by atoms with Crippen LogP contribution in [0, 0.1) is 10.8 Å². The second-order valence-electron chi connectivity index (χ2n) is 7.10. The third kappa shape index (κ3) is 5.05. The lowest BCUT2D eigenvalue weighted by Crippen LogP contribution is -2.28. The summed E-state index contributed by atoms with van der Waals surface area (Å²) >= 11 is 6.16. The van der Waals surface area contributed by atoms with Gasteiger partial charge < -0.3 is 10.6 Å². The molecule has 0 aliphatic carbocycles. The first-order valence-corrected chi connectivity index (χ1v) is 7.21. The molecule has 0 saturated heterocycles. The zero-order valence-electron chi connectivity index (χ0n) is 13.4. The largest absolute Gasteiger partial charge is 0.326 e. The van der Waals surface area contributed by atoms with Crippen molar-refractivity contribution in [2.45, 2.75) is 41.5 Å². The van der Waals surface area contributed by atoms with Gasteiger partial charge in [-0.05, 0) is 18.2 Å². The monoisotopic (exact) mass is 310 g/mol. The van der Waals surface area contributed by atoms with Gasteiger partial charge in [0, 0.05) is 16.5 Å². The maximum absolute atomic E-state index is 11.9. The topological polar surface area (TPSA) is 58.2 Å². The van der Waals surface area contributed by atoms with Crippen LogP contribution in [0.1, 0.15) is 41.5 Å². The quantitative estimate of drug-likeness (QED) is 0.855. The summed E-state index contributed by atoms with van der Waals surface area (Å²) in [4.78, 5) is 23.9. The molecule has 0 spiro atoms. The van der Waals surface area contributed by atoms with Crippen LogP contribution in [-0.4, -0.2) is 11.8 Å². The smallest absolute Gasteiger partial charge is 0.229 e. The first-order chi connectivity index (χ1) is 9.41. The highest BCUT2D eigenvalue weighted by atomic mass is 35.5. The van der Waals surface area contributed by atoms with Gasteiger partial charge in [0.1, 0.15) is 0 Å². The van der Waals surface area contributed by atoms with Gasteiger partial charge in [-0.15, -0.1) is 0 Å². The molecule has 0 heterocycles. The number of anilines is 2. The molecule has 1 aromatic rings. The number of rotatable bonds is 2. The molecule has 0 saturated carbocycles. The molecule has 0 aromatic heterocycles. The van der Waals surface area contributed by atoms with Crippen LogP contribution in [0.4, 0.5) is 11.4 Å². The average molecular weight is 311 g/mol. The number of benzene rings is 1. The van der Waals surface area contributed by atoms with Gasteiger partial charge in [0.2, 0.25) is 11.8 Å². The summed E-state index contributed by atoms with van der Waals surface area (Å²) in [5, 5.41) is 5.96. The molecule has 0 bridgehead atoms. The molecule has 2 N–H and O–H groups in total. The van der Waals surface area contributed by atoms with E-state index in [4.69, 9.17) is 11.6 Å². The predicted octanol–water partition coefficient (Wildman–Crippen LogP) is 4.31. The van der Waals surface area contributed by atoms with E-state index in [1.54, 1.807) is 18.2 Å². The Morgan fingerprint density at radius 3 is 1.81 bits per heavy atom. The minimum atomic E-state index is -0.498. The number of nitrogens with one attached hydrogen (secondary N) is 2. The van der Waals surface area contributed by atoms with Crippen LogP contribution >= 0.6 is 11.6 Å². The lowest BCUT2D eigenvalue weighted by atomic mass is 9.95. The van der Waals surface area contributed by atoms with Crippen molar-refractivity contribution in [1.29, 1.82) is 0 Å². The highest BCUT2D eigenvalue weighted by molar-refractivity contribution is 6.34. The van der Waals surface area contributed by atoms with E-state index < -0.39 is 10.8 Å². The Labute approximate surface area is 131 Å². The Morgan fingerprint density at radius 1 is 0.905 bits per heavy atom. The lowest BCUT2D eigenvalue weighted by molar-refractivity contribution is -0.123. The van der Waals surface area contributed by atoms with Crippen LogP contribution in [0.25, 0.3) is 0 Å². The van der Waals surface area contributed by atoms with Crippen molar-refractivity contribution in [3.05, 3.63) is 23.2 Å². The Balaban J connectivity index is 2.87. The summed E-state index contributed by atoms with van der Waals surface area (Å²) < 4.78 is 0. The van der Waals surface area contributed by atoms with Crippen LogP contribution < -0.4 is 10.6 Å². The summed E-state index contributed by atoms with van der Waals surface area (Å²) in [6.45, 7) is 11.0. The minimum Gasteiger partial charge on any atom is -0.326 e. The predicted molar refractivity (Wildman–Crippen MR) is 87.6 cm³/mol. The Morgan fingerprint density at radius 2 is 1.38 bits per heavy atom. The summed E-state index contributed by atoms with van der Waals surface area (Å²) in [5.41, 5.74) is 0.160. The number of carbonyl (C=O) groups excluding carboxylic acids is 2. The van der Waals surface area contributed by atoms with Gasteiger partial charge in [-0.1, -0.05) is 53.1 Å². The van der Waals surface area contributed by atoms with Gasteiger partial charge in [-0.25, -0.2) is 0 Å². The fourth-order valence-electron chi connectivity index (χ4n) is 1.32. The normalized spacial score (nSPS) is 12.0. The van der Waals surface area contributed by atoms with Crippen molar-refractivity contribution in [3.63, 3.8) is 0 Å². The van der Waals surface area contributed by atoms with E-state index >= 15 is 0 Å². The number of hydrogen-bond donors (Lipinski definition) is 2. The first kappa shape index (κ1) is 17.5. The number of hydrogen-bond acceptors (Lipinski definition) is 2. The van der Waals surface area contributed by atoms with Gasteiger partial charge in [-0.3, -0.25) is 9.59 Å². The molecule has 1 aromatic carbocycles. The molecule has 0 fully saturated rings. The van der Waals surface area contributed by atoms with Crippen LogP contribution in [0.2, 0.25) is 5.02 Å². The molecule has 1 rings (SSSR count). The first-order valence-electron chi connectivity index (χ1n) is 6.84. The van der Waals surface area contributed by atoms with Crippen molar-refractivity contribution >= 4 is 34.8 Å². The third-order valence-corrected chi connectivity index (χ3v) is 3.15.